The number of methoxy groups -OCH3 is 1. The van der Waals surface area contributed by atoms with Gasteiger partial charge in [0.25, 0.3) is 0 Å². The molecule has 0 aliphatic carbocycles. The summed E-state index contributed by atoms with van der Waals surface area (Å²) >= 11 is 0. The Kier molecular flexibility index (Phi) is 4.41. The Hall–Kier alpha value is -3.12. The summed E-state index contributed by atoms with van der Waals surface area (Å²) in [5.41, 5.74) is 8.81. The van der Waals surface area contributed by atoms with Crippen molar-refractivity contribution in [1.29, 1.82) is 0 Å². The van der Waals surface area contributed by atoms with Gasteiger partial charge in [-0.25, -0.2) is 4.79 Å². The van der Waals surface area contributed by atoms with E-state index in [9.17, 15) is 9.59 Å². The van der Waals surface area contributed by atoms with Crippen LogP contribution in [0.2, 0.25) is 0 Å². The molecule has 0 saturated heterocycles. The van der Waals surface area contributed by atoms with Crippen molar-refractivity contribution in [3.63, 3.8) is 0 Å². The van der Waals surface area contributed by atoms with Crippen LogP contribution in [0, 0.1) is 0 Å². The molecular formula is C21H20N2O4. The van der Waals surface area contributed by atoms with E-state index >= 15 is 0 Å². The summed E-state index contributed by atoms with van der Waals surface area (Å²) in [5.74, 6) is 0.253. The zero-order valence-electron chi connectivity index (χ0n) is 15.0. The molecule has 1 aromatic heterocycles. The average molecular weight is 364 g/mol. The van der Waals surface area contributed by atoms with Gasteiger partial charge >= 0.3 is 5.63 Å². The van der Waals surface area contributed by atoms with Gasteiger partial charge in [-0.2, -0.15) is 0 Å². The van der Waals surface area contributed by atoms with E-state index in [1.54, 1.807) is 13.2 Å². The first kappa shape index (κ1) is 17.3. The van der Waals surface area contributed by atoms with E-state index in [0.717, 1.165) is 16.5 Å². The zero-order chi connectivity index (χ0) is 19.0. The Morgan fingerprint density at radius 1 is 1.22 bits per heavy atom. The van der Waals surface area contributed by atoms with Crippen molar-refractivity contribution in [1.82, 2.24) is 4.90 Å². The first-order valence-corrected chi connectivity index (χ1v) is 8.76. The number of hydrogen-bond acceptors (Lipinski definition) is 5. The molecule has 0 bridgehead atoms. The fourth-order valence-electron chi connectivity index (χ4n) is 3.71. The standard InChI is InChI=1S/C21H20N2O4/c1-26-16-6-7-17-15(9-20(24)27-19(17)10-16)12-23-11-14-5-3-2-4-13(14)8-18(23)21(22)25/h2-7,9-10,18H,8,11-12H2,1H3,(H2,22,25)/t18-/m0/s1. The SMILES string of the molecule is COc1ccc2c(CN3Cc4ccccc4C[C@H]3C(N)=O)cc(=O)oc2c1. The first-order valence-electron chi connectivity index (χ1n) is 8.76. The van der Waals surface area contributed by atoms with Gasteiger partial charge in [-0.3, -0.25) is 9.69 Å². The number of rotatable bonds is 4. The normalized spacial score (nSPS) is 16.9. The summed E-state index contributed by atoms with van der Waals surface area (Å²) in [6.07, 6.45) is 0.568. The number of fused-ring (bicyclic) bond motifs is 2. The fourth-order valence-corrected chi connectivity index (χ4v) is 3.71. The maximum absolute atomic E-state index is 12.1. The Morgan fingerprint density at radius 3 is 2.74 bits per heavy atom. The first-order chi connectivity index (χ1) is 13.0. The second-order valence-corrected chi connectivity index (χ2v) is 6.75. The number of benzene rings is 2. The van der Waals surface area contributed by atoms with Crippen molar-refractivity contribution >= 4 is 16.9 Å². The van der Waals surface area contributed by atoms with Gasteiger partial charge in [-0.1, -0.05) is 24.3 Å². The highest BCUT2D eigenvalue weighted by Crippen LogP contribution is 2.28. The summed E-state index contributed by atoms with van der Waals surface area (Å²) < 4.78 is 10.5. The third-order valence-corrected chi connectivity index (χ3v) is 5.09. The van der Waals surface area contributed by atoms with Crippen LogP contribution in [0.25, 0.3) is 11.0 Å². The molecule has 6 nitrogen and oxygen atoms in total. The molecule has 3 aromatic rings. The summed E-state index contributed by atoms with van der Waals surface area (Å²) in [7, 11) is 1.56. The van der Waals surface area contributed by atoms with Gasteiger partial charge in [-0.05, 0) is 35.2 Å². The van der Waals surface area contributed by atoms with Crippen LogP contribution in [0.4, 0.5) is 0 Å². The maximum atomic E-state index is 12.1. The Bertz CT molecular complexity index is 1070. The summed E-state index contributed by atoms with van der Waals surface area (Å²) in [5, 5.41) is 0.817. The van der Waals surface area contributed by atoms with Crippen molar-refractivity contribution in [2.75, 3.05) is 7.11 Å². The monoisotopic (exact) mass is 364 g/mol. The molecule has 0 unspecified atom stereocenters. The van der Waals surface area contributed by atoms with E-state index in [1.807, 2.05) is 35.2 Å². The lowest BCUT2D eigenvalue weighted by Gasteiger charge is -2.35. The fraction of sp³-hybridized carbons (Fsp3) is 0.238. The minimum absolute atomic E-state index is 0.363. The molecule has 0 fully saturated rings. The predicted molar refractivity (Wildman–Crippen MR) is 101 cm³/mol. The molecule has 6 heteroatoms. The van der Waals surface area contributed by atoms with Gasteiger partial charge < -0.3 is 14.9 Å². The third-order valence-electron chi connectivity index (χ3n) is 5.09. The lowest BCUT2D eigenvalue weighted by molar-refractivity contribution is -0.124. The minimum atomic E-state index is -0.432. The van der Waals surface area contributed by atoms with Gasteiger partial charge in [0.1, 0.15) is 11.3 Å². The van der Waals surface area contributed by atoms with Gasteiger partial charge in [0.05, 0.1) is 13.2 Å². The average Bonchev–Trinajstić information content (AvgIpc) is 2.66. The minimum Gasteiger partial charge on any atom is -0.497 e. The number of amides is 1. The Labute approximate surface area is 156 Å². The molecule has 2 aromatic carbocycles. The van der Waals surface area contributed by atoms with Gasteiger partial charge in [0.2, 0.25) is 5.91 Å². The predicted octanol–water partition coefficient (Wildman–Crippen LogP) is 2.21. The van der Waals surface area contributed by atoms with Crippen LogP contribution in [0.15, 0.2) is 57.7 Å². The molecule has 2 heterocycles. The van der Waals surface area contributed by atoms with Crippen LogP contribution in [-0.4, -0.2) is 24.0 Å². The van der Waals surface area contributed by atoms with E-state index < -0.39 is 11.7 Å². The van der Waals surface area contributed by atoms with Crippen molar-refractivity contribution in [2.24, 2.45) is 5.73 Å². The van der Waals surface area contributed by atoms with Crippen molar-refractivity contribution in [3.8, 4) is 5.75 Å². The van der Waals surface area contributed by atoms with Crippen molar-refractivity contribution in [3.05, 3.63) is 75.6 Å². The molecule has 1 aliphatic heterocycles. The second kappa shape index (κ2) is 6.89. The summed E-state index contributed by atoms with van der Waals surface area (Å²) in [6.45, 7) is 1.03. The Morgan fingerprint density at radius 2 is 2.00 bits per heavy atom. The third kappa shape index (κ3) is 3.31. The van der Waals surface area contributed by atoms with Gasteiger partial charge in [0, 0.05) is 30.6 Å². The van der Waals surface area contributed by atoms with Crippen LogP contribution in [-0.2, 0) is 24.3 Å². The van der Waals surface area contributed by atoms with Gasteiger partial charge in [0.15, 0.2) is 0 Å². The van der Waals surface area contributed by atoms with E-state index in [0.29, 0.717) is 30.8 Å². The highest BCUT2D eigenvalue weighted by molar-refractivity contribution is 5.82. The molecule has 2 N–H and O–H groups in total. The molecule has 4 rings (SSSR count). The maximum Gasteiger partial charge on any atom is 0.336 e. The van der Waals surface area contributed by atoms with E-state index in [2.05, 4.69) is 6.07 Å². The zero-order valence-corrected chi connectivity index (χ0v) is 15.0. The quantitative estimate of drug-likeness (QED) is 0.718. The van der Waals surface area contributed by atoms with Crippen LogP contribution in [0.3, 0.4) is 0 Å². The number of carbonyl (C=O) groups is 1. The molecular weight excluding hydrogens is 344 g/mol. The number of hydrogen-bond donors (Lipinski definition) is 1. The highest BCUT2D eigenvalue weighted by Gasteiger charge is 2.30. The van der Waals surface area contributed by atoms with Crippen LogP contribution < -0.4 is 16.1 Å². The Balaban J connectivity index is 1.74. The molecule has 1 amide bonds. The highest BCUT2D eigenvalue weighted by atomic mass is 16.5. The lowest BCUT2D eigenvalue weighted by atomic mass is 9.93. The van der Waals surface area contributed by atoms with Crippen LogP contribution in [0.1, 0.15) is 16.7 Å². The van der Waals surface area contributed by atoms with Gasteiger partial charge in [-0.15, -0.1) is 0 Å². The number of primary amides is 1. The van der Waals surface area contributed by atoms with Crippen molar-refractivity contribution in [2.45, 2.75) is 25.6 Å². The molecule has 0 radical (unpaired) electrons. The molecule has 27 heavy (non-hydrogen) atoms. The largest absolute Gasteiger partial charge is 0.497 e. The number of ether oxygens (including phenoxy) is 1. The number of nitrogens with zero attached hydrogens (tertiary/aromatic N) is 1. The molecule has 1 aliphatic rings. The van der Waals surface area contributed by atoms with Crippen LogP contribution in [0.5, 0.6) is 5.75 Å². The summed E-state index contributed by atoms with van der Waals surface area (Å²) in [6, 6.07) is 14.5. The molecule has 138 valence electrons. The molecule has 1 atom stereocenters. The second-order valence-electron chi connectivity index (χ2n) is 6.75. The number of nitrogens with two attached hydrogens (primary N) is 1. The van der Waals surface area contributed by atoms with E-state index in [1.165, 1.54) is 11.6 Å². The van der Waals surface area contributed by atoms with Crippen LogP contribution >= 0.6 is 0 Å². The molecule has 0 spiro atoms. The summed E-state index contributed by atoms with van der Waals surface area (Å²) in [4.78, 5) is 26.1. The number of carbonyl (C=O) groups excluding carboxylic acids is 1. The van der Waals surface area contributed by atoms with E-state index in [-0.39, 0.29) is 5.91 Å². The topological polar surface area (TPSA) is 85.8 Å². The molecule has 0 saturated carbocycles. The van der Waals surface area contributed by atoms with Crippen molar-refractivity contribution < 1.29 is 13.9 Å². The lowest BCUT2D eigenvalue weighted by Crippen LogP contribution is -2.48. The smallest absolute Gasteiger partial charge is 0.336 e. The van der Waals surface area contributed by atoms with E-state index in [4.69, 9.17) is 14.9 Å².